The molecule has 0 bridgehead atoms. The third kappa shape index (κ3) is 4.43. The molecule has 0 fully saturated rings. The van der Waals surface area contributed by atoms with Crippen molar-refractivity contribution in [3.8, 4) is 6.07 Å². The lowest BCUT2D eigenvalue weighted by atomic mass is 9.79. The van der Waals surface area contributed by atoms with Crippen LogP contribution in [0.5, 0.6) is 0 Å². The number of halogens is 3. The van der Waals surface area contributed by atoms with Crippen LogP contribution in [-0.4, -0.2) is 39.2 Å². The van der Waals surface area contributed by atoms with Crippen LogP contribution >= 0.6 is 0 Å². The summed E-state index contributed by atoms with van der Waals surface area (Å²) in [4.78, 5) is 27.3. The van der Waals surface area contributed by atoms with Gasteiger partial charge in [0.2, 0.25) is 5.91 Å². The van der Waals surface area contributed by atoms with E-state index in [0.717, 1.165) is 0 Å². The van der Waals surface area contributed by atoms with Crippen molar-refractivity contribution in [2.75, 3.05) is 11.9 Å². The molecule has 1 N–H and O–H groups in total. The van der Waals surface area contributed by atoms with Gasteiger partial charge in [-0.05, 0) is 29.8 Å². The van der Waals surface area contributed by atoms with Crippen molar-refractivity contribution in [2.45, 2.75) is 18.1 Å². The summed E-state index contributed by atoms with van der Waals surface area (Å²) in [5.41, 5.74) is 1.29. The van der Waals surface area contributed by atoms with Gasteiger partial charge in [-0.15, -0.1) is 0 Å². The number of alkyl halides is 3. The van der Waals surface area contributed by atoms with E-state index in [1.807, 2.05) is 6.07 Å². The van der Waals surface area contributed by atoms with E-state index in [1.54, 1.807) is 37.4 Å². The van der Waals surface area contributed by atoms with Crippen molar-refractivity contribution < 1.29 is 22.8 Å². The van der Waals surface area contributed by atoms with Crippen LogP contribution in [0, 0.1) is 11.3 Å². The van der Waals surface area contributed by atoms with Crippen molar-refractivity contribution in [1.82, 2.24) is 14.7 Å². The number of rotatable bonds is 4. The smallest absolute Gasteiger partial charge is 0.325 e. The minimum Gasteiger partial charge on any atom is -0.325 e. The highest BCUT2D eigenvalue weighted by molar-refractivity contribution is 6.04. The lowest BCUT2D eigenvalue weighted by Gasteiger charge is -2.41. The Morgan fingerprint density at radius 3 is 2.64 bits per heavy atom. The standard InChI is InChI=1S/C23H18F3N5O2/c1-30-12-15(11-28-30)20-19(21(32)29-16-6-4-5-14(9-16)10-27)17-7-2-3-8-18(17)22(33)31(20)13-23(24,25)26/h2-9,11-12,19-20H,13H2,1H3,(H,29,32)/t19-,20+/m0/s1. The Balaban J connectivity index is 1.84. The maximum absolute atomic E-state index is 13.5. The molecule has 3 aromatic rings. The lowest BCUT2D eigenvalue weighted by molar-refractivity contribution is -0.148. The number of aryl methyl sites for hydroxylation is 1. The van der Waals surface area contributed by atoms with Gasteiger partial charge in [-0.3, -0.25) is 14.3 Å². The average Bonchev–Trinajstić information content (AvgIpc) is 3.20. The summed E-state index contributed by atoms with van der Waals surface area (Å²) < 4.78 is 41.9. The van der Waals surface area contributed by atoms with E-state index in [9.17, 15) is 22.8 Å². The topological polar surface area (TPSA) is 91.0 Å². The normalized spacial score (nSPS) is 17.9. The number of hydrogen-bond acceptors (Lipinski definition) is 4. The van der Waals surface area contributed by atoms with Crippen LogP contribution in [0.4, 0.5) is 18.9 Å². The molecule has 1 aromatic heterocycles. The maximum Gasteiger partial charge on any atom is 0.406 e. The highest BCUT2D eigenvalue weighted by atomic mass is 19.4. The molecule has 0 saturated heterocycles. The van der Waals surface area contributed by atoms with Crippen LogP contribution in [0.25, 0.3) is 0 Å². The lowest BCUT2D eigenvalue weighted by Crippen LogP contribution is -2.49. The number of carbonyl (C=O) groups is 2. The number of anilines is 1. The van der Waals surface area contributed by atoms with Crippen molar-refractivity contribution >= 4 is 17.5 Å². The Bertz CT molecular complexity index is 1260. The molecule has 10 heteroatoms. The SMILES string of the molecule is Cn1cc([C@@H]2[C@@H](C(=O)Nc3cccc(C#N)c3)c3ccccc3C(=O)N2CC(F)(F)F)cn1. The van der Waals surface area contributed by atoms with E-state index in [4.69, 9.17) is 5.26 Å². The summed E-state index contributed by atoms with van der Waals surface area (Å²) in [5, 5.41) is 15.8. The van der Waals surface area contributed by atoms with E-state index >= 15 is 0 Å². The van der Waals surface area contributed by atoms with Gasteiger partial charge in [0.15, 0.2) is 0 Å². The van der Waals surface area contributed by atoms with Crippen LogP contribution in [-0.2, 0) is 11.8 Å². The number of nitrogens with zero attached hydrogens (tertiary/aromatic N) is 4. The second kappa shape index (κ2) is 8.43. The highest BCUT2D eigenvalue weighted by Gasteiger charge is 2.48. The van der Waals surface area contributed by atoms with E-state index in [0.29, 0.717) is 27.3 Å². The minimum atomic E-state index is -4.68. The van der Waals surface area contributed by atoms with E-state index in [-0.39, 0.29) is 5.56 Å². The number of nitriles is 1. The molecular weight excluding hydrogens is 435 g/mol. The molecule has 0 unspecified atom stereocenters. The molecule has 0 spiro atoms. The Hall–Kier alpha value is -4.13. The molecule has 2 heterocycles. The molecule has 0 radical (unpaired) electrons. The molecule has 1 aliphatic rings. The van der Waals surface area contributed by atoms with E-state index in [1.165, 1.54) is 35.3 Å². The van der Waals surface area contributed by atoms with Gasteiger partial charge >= 0.3 is 6.18 Å². The number of amides is 2. The molecule has 1 aliphatic heterocycles. The maximum atomic E-state index is 13.5. The molecule has 0 aliphatic carbocycles. The summed E-state index contributed by atoms with van der Waals surface area (Å²) in [5.74, 6) is -2.56. The Labute approximate surface area is 187 Å². The Kier molecular flexibility index (Phi) is 5.64. The predicted molar refractivity (Wildman–Crippen MR) is 112 cm³/mol. The van der Waals surface area contributed by atoms with E-state index < -0.39 is 36.5 Å². The second-order valence-electron chi connectivity index (χ2n) is 7.69. The number of nitrogens with one attached hydrogen (secondary N) is 1. The summed E-state index contributed by atoms with van der Waals surface area (Å²) in [7, 11) is 1.60. The average molecular weight is 453 g/mol. The van der Waals surface area contributed by atoms with Crippen LogP contribution in [0.2, 0.25) is 0 Å². The quantitative estimate of drug-likeness (QED) is 0.651. The van der Waals surface area contributed by atoms with Gasteiger partial charge in [0.05, 0.1) is 29.8 Å². The number of hydrogen-bond donors (Lipinski definition) is 1. The third-order valence-electron chi connectivity index (χ3n) is 5.40. The molecule has 7 nitrogen and oxygen atoms in total. The number of carbonyl (C=O) groups excluding carboxylic acids is 2. The van der Waals surface area contributed by atoms with Gasteiger partial charge in [-0.25, -0.2) is 0 Å². The van der Waals surface area contributed by atoms with Gasteiger partial charge in [-0.1, -0.05) is 24.3 Å². The van der Waals surface area contributed by atoms with Gasteiger partial charge in [0.25, 0.3) is 5.91 Å². The predicted octanol–water partition coefficient (Wildman–Crippen LogP) is 3.77. The first-order chi connectivity index (χ1) is 15.7. The summed E-state index contributed by atoms with van der Waals surface area (Å²) in [6.45, 7) is -1.52. The van der Waals surface area contributed by atoms with Crippen LogP contribution in [0.3, 0.4) is 0 Å². The number of fused-ring (bicyclic) bond motifs is 1. The van der Waals surface area contributed by atoms with E-state index in [2.05, 4.69) is 10.4 Å². The zero-order chi connectivity index (χ0) is 23.8. The molecule has 2 aromatic carbocycles. The van der Waals surface area contributed by atoms with Crippen molar-refractivity contribution in [1.29, 1.82) is 5.26 Å². The monoisotopic (exact) mass is 453 g/mol. The van der Waals surface area contributed by atoms with Crippen molar-refractivity contribution in [3.05, 3.63) is 83.2 Å². The second-order valence-corrected chi connectivity index (χ2v) is 7.69. The van der Waals surface area contributed by atoms with Gasteiger partial charge in [0, 0.05) is 30.1 Å². The first kappa shape index (κ1) is 22.1. The molecule has 2 atom stereocenters. The molecule has 33 heavy (non-hydrogen) atoms. The first-order valence-corrected chi connectivity index (χ1v) is 9.94. The summed E-state index contributed by atoms with van der Waals surface area (Å²) in [6.07, 6.45) is -1.83. The fraction of sp³-hybridized carbons (Fsp3) is 0.217. The third-order valence-corrected chi connectivity index (χ3v) is 5.40. The van der Waals surface area contributed by atoms with Crippen LogP contribution < -0.4 is 5.32 Å². The summed E-state index contributed by atoms with van der Waals surface area (Å²) in [6, 6.07) is 13.1. The van der Waals surface area contributed by atoms with Gasteiger partial charge < -0.3 is 10.2 Å². The minimum absolute atomic E-state index is 0.0350. The number of benzene rings is 2. The van der Waals surface area contributed by atoms with Crippen LogP contribution in [0.1, 0.15) is 39.0 Å². The van der Waals surface area contributed by atoms with Gasteiger partial charge in [-0.2, -0.15) is 23.5 Å². The molecule has 2 amide bonds. The van der Waals surface area contributed by atoms with Crippen molar-refractivity contribution in [2.24, 2.45) is 7.05 Å². The molecule has 168 valence electrons. The van der Waals surface area contributed by atoms with Gasteiger partial charge in [0.1, 0.15) is 6.54 Å². The fourth-order valence-corrected chi connectivity index (χ4v) is 4.09. The molecule has 0 saturated carbocycles. The summed E-state index contributed by atoms with van der Waals surface area (Å²) >= 11 is 0. The first-order valence-electron chi connectivity index (χ1n) is 9.94. The van der Waals surface area contributed by atoms with Crippen molar-refractivity contribution in [3.63, 3.8) is 0 Å². The Morgan fingerprint density at radius 1 is 1.21 bits per heavy atom. The zero-order valence-electron chi connectivity index (χ0n) is 17.4. The fourth-order valence-electron chi connectivity index (χ4n) is 4.09. The largest absolute Gasteiger partial charge is 0.406 e. The van der Waals surface area contributed by atoms with Crippen LogP contribution in [0.15, 0.2) is 60.9 Å². The highest BCUT2D eigenvalue weighted by Crippen LogP contribution is 2.44. The Morgan fingerprint density at radius 2 is 1.97 bits per heavy atom. The zero-order valence-corrected chi connectivity index (χ0v) is 17.4. The number of aromatic nitrogens is 2. The molecule has 4 rings (SSSR count). The molecular formula is C23H18F3N5O2.